The molecule has 9 heteroatoms. The first kappa shape index (κ1) is 18.8. The Morgan fingerprint density at radius 3 is 2.52 bits per heavy atom. The molecule has 0 aliphatic heterocycles. The summed E-state index contributed by atoms with van der Waals surface area (Å²) in [6.45, 7) is 0. The molecule has 27 heavy (non-hydrogen) atoms. The lowest BCUT2D eigenvalue weighted by Crippen LogP contribution is -2.14. The molecule has 0 saturated heterocycles. The van der Waals surface area contributed by atoms with E-state index in [1.165, 1.54) is 20.3 Å². The van der Waals surface area contributed by atoms with E-state index in [0.717, 1.165) is 6.07 Å². The minimum Gasteiger partial charge on any atom is -0.493 e. The molecule has 0 aliphatic rings. The number of rotatable bonds is 5. The van der Waals surface area contributed by atoms with Crippen molar-refractivity contribution < 1.29 is 27.6 Å². The number of carbonyl (C=O) groups excluding carboxylic acids is 1. The van der Waals surface area contributed by atoms with Crippen molar-refractivity contribution in [1.29, 1.82) is 0 Å². The number of amides is 1. The van der Waals surface area contributed by atoms with Crippen LogP contribution in [-0.4, -0.2) is 25.3 Å². The predicted molar refractivity (Wildman–Crippen MR) is 97.1 cm³/mol. The van der Waals surface area contributed by atoms with Gasteiger partial charge >= 0.3 is 0 Å². The van der Waals surface area contributed by atoms with E-state index in [4.69, 9.17) is 14.0 Å². The molecule has 3 aromatic rings. The SMILES string of the molecule is COc1ccc(-c2cc(C(=O)Nc3c(F)cc(F)cc3Br)no2)cc1OC. The first-order valence-electron chi connectivity index (χ1n) is 7.58. The molecule has 0 unspecified atom stereocenters. The molecule has 140 valence electrons. The van der Waals surface area contributed by atoms with E-state index >= 15 is 0 Å². The molecule has 0 saturated carbocycles. The Morgan fingerprint density at radius 1 is 1.11 bits per heavy atom. The van der Waals surface area contributed by atoms with Gasteiger partial charge in [-0.15, -0.1) is 0 Å². The van der Waals surface area contributed by atoms with E-state index in [9.17, 15) is 13.6 Å². The van der Waals surface area contributed by atoms with Gasteiger partial charge in [0.1, 0.15) is 5.82 Å². The predicted octanol–water partition coefficient (Wildman–Crippen LogP) is 4.65. The fourth-order valence-electron chi connectivity index (χ4n) is 2.35. The Kier molecular flexibility index (Phi) is 5.41. The van der Waals surface area contributed by atoms with E-state index in [1.807, 2.05) is 0 Å². The van der Waals surface area contributed by atoms with Crippen LogP contribution in [0.2, 0.25) is 0 Å². The molecule has 0 radical (unpaired) electrons. The summed E-state index contributed by atoms with van der Waals surface area (Å²) < 4.78 is 42.7. The maximum atomic E-state index is 13.9. The molecule has 3 rings (SSSR count). The Bertz CT molecular complexity index is 984. The van der Waals surface area contributed by atoms with Crippen LogP contribution < -0.4 is 14.8 Å². The van der Waals surface area contributed by atoms with Crippen molar-refractivity contribution >= 4 is 27.5 Å². The average Bonchev–Trinajstić information content (AvgIpc) is 3.14. The van der Waals surface area contributed by atoms with Gasteiger partial charge in [-0.2, -0.15) is 0 Å². The van der Waals surface area contributed by atoms with E-state index in [2.05, 4.69) is 26.4 Å². The van der Waals surface area contributed by atoms with Gasteiger partial charge in [0.15, 0.2) is 28.8 Å². The van der Waals surface area contributed by atoms with Crippen LogP contribution in [0.15, 0.2) is 45.4 Å². The normalized spacial score (nSPS) is 10.6. The molecule has 2 aromatic carbocycles. The number of methoxy groups -OCH3 is 2. The van der Waals surface area contributed by atoms with Crippen molar-refractivity contribution in [1.82, 2.24) is 5.16 Å². The highest BCUT2D eigenvalue weighted by Crippen LogP contribution is 2.33. The van der Waals surface area contributed by atoms with Gasteiger partial charge < -0.3 is 19.3 Å². The van der Waals surface area contributed by atoms with Crippen molar-refractivity contribution in [2.75, 3.05) is 19.5 Å². The van der Waals surface area contributed by atoms with Crippen LogP contribution in [0.5, 0.6) is 11.5 Å². The minimum atomic E-state index is -0.918. The van der Waals surface area contributed by atoms with Crippen LogP contribution >= 0.6 is 15.9 Å². The van der Waals surface area contributed by atoms with Crippen LogP contribution in [0.4, 0.5) is 14.5 Å². The molecule has 0 atom stereocenters. The van der Waals surface area contributed by atoms with Gasteiger partial charge in [-0.3, -0.25) is 4.79 Å². The number of anilines is 1. The molecule has 6 nitrogen and oxygen atoms in total. The maximum Gasteiger partial charge on any atom is 0.277 e. The molecule has 0 aliphatic carbocycles. The van der Waals surface area contributed by atoms with Crippen molar-refractivity contribution in [2.24, 2.45) is 0 Å². The highest BCUT2D eigenvalue weighted by Gasteiger charge is 2.18. The summed E-state index contributed by atoms with van der Waals surface area (Å²) in [5.74, 6) is -1.07. The van der Waals surface area contributed by atoms with Gasteiger partial charge in [-0.1, -0.05) is 5.16 Å². The number of nitrogens with zero attached hydrogens (tertiary/aromatic N) is 1. The van der Waals surface area contributed by atoms with E-state index < -0.39 is 17.5 Å². The summed E-state index contributed by atoms with van der Waals surface area (Å²) in [6.07, 6.45) is 0. The summed E-state index contributed by atoms with van der Waals surface area (Å²) in [4.78, 5) is 12.3. The second-order valence-electron chi connectivity index (χ2n) is 5.34. The highest BCUT2D eigenvalue weighted by atomic mass is 79.9. The fraction of sp³-hybridized carbons (Fsp3) is 0.111. The van der Waals surface area contributed by atoms with E-state index in [0.29, 0.717) is 28.9 Å². The maximum absolute atomic E-state index is 13.9. The largest absolute Gasteiger partial charge is 0.493 e. The Hall–Kier alpha value is -2.94. The lowest BCUT2D eigenvalue weighted by Gasteiger charge is -2.08. The summed E-state index contributed by atoms with van der Waals surface area (Å²) in [7, 11) is 3.01. The van der Waals surface area contributed by atoms with Crippen molar-refractivity contribution in [3.8, 4) is 22.8 Å². The second-order valence-corrected chi connectivity index (χ2v) is 6.20. The summed E-state index contributed by atoms with van der Waals surface area (Å²) in [5.41, 5.74) is 0.334. The summed E-state index contributed by atoms with van der Waals surface area (Å²) in [6, 6.07) is 8.15. The zero-order valence-corrected chi connectivity index (χ0v) is 15.8. The van der Waals surface area contributed by atoms with Crippen LogP contribution in [-0.2, 0) is 0 Å². The number of aromatic nitrogens is 1. The van der Waals surface area contributed by atoms with Crippen LogP contribution in [0, 0.1) is 11.6 Å². The zero-order valence-electron chi connectivity index (χ0n) is 14.2. The first-order valence-corrected chi connectivity index (χ1v) is 8.37. The lowest BCUT2D eigenvalue weighted by molar-refractivity contribution is 0.101. The highest BCUT2D eigenvalue weighted by molar-refractivity contribution is 9.10. The number of nitrogens with one attached hydrogen (secondary N) is 1. The monoisotopic (exact) mass is 438 g/mol. The molecule has 1 amide bonds. The van der Waals surface area contributed by atoms with Gasteiger partial charge in [0, 0.05) is 22.2 Å². The van der Waals surface area contributed by atoms with Gasteiger partial charge in [0.05, 0.1) is 19.9 Å². The number of ether oxygens (including phenoxy) is 2. The van der Waals surface area contributed by atoms with Crippen molar-refractivity contribution in [3.63, 3.8) is 0 Å². The molecule has 1 N–H and O–H groups in total. The van der Waals surface area contributed by atoms with Gasteiger partial charge in [0.25, 0.3) is 5.91 Å². The molecular formula is C18H13BrF2N2O4. The first-order chi connectivity index (χ1) is 12.9. The van der Waals surface area contributed by atoms with Crippen LogP contribution in [0.3, 0.4) is 0 Å². The molecule has 1 aromatic heterocycles. The number of hydrogen-bond donors (Lipinski definition) is 1. The minimum absolute atomic E-state index is 0.0666. The summed E-state index contributed by atoms with van der Waals surface area (Å²) in [5, 5.41) is 6.03. The molecule has 0 spiro atoms. The number of halogens is 3. The van der Waals surface area contributed by atoms with Gasteiger partial charge in [0.2, 0.25) is 0 Å². The fourth-order valence-corrected chi connectivity index (χ4v) is 2.85. The van der Waals surface area contributed by atoms with E-state index in [1.54, 1.807) is 18.2 Å². The van der Waals surface area contributed by atoms with Gasteiger partial charge in [-0.05, 0) is 40.2 Å². The number of benzene rings is 2. The molecule has 0 fully saturated rings. The van der Waals surface area contributed by atoms with E-state index in [-0.39, 0.29) is 15.9 Å². The third kappa shape index (κ3) is 3.92. The quantitative estimate of drug-likeness (QED) is 0.627. The standard InChI is InChI=1S/C18H13BrF2N2O4/c1-25-14-4-3-9(5-16(14)26-2)15-8-13(23-27-15)18(24)22-17-11(19)6-10(20)7-12(17)21/h3-8H,1-2H3,(H,22,24). The second kappa shape index (κ2) is 7.75. The lowest BCUT2D eigenvalue weighted by atomic mass is 10.1. The smallest absolute Gasteiger partial charge is 0.277 e. The van der Waals surface area contributed by atoms with Gasteiger partial charge in [-0.25, -0.2) is 8.78 Å². The number of carbonyl (C=O) groups is 1. The number of hydrogen-bond acceptors (Lipinski definition) is 5. The third-order valence-corrected chi connectivity index (χ3v) is 4.28. The third-order valence-electron chi connectivity index (χ3n) is 3.66. The van der Waals surface area contributed by atoms with Crippen LogP contribution in [0.1, 0.15) is 10.5 Å². The Morgan fingerprint density at radius 2 is 1.85 bits per heavy atom. The molecule has 1 heterocycles. The Balaban J connectivity index is 1.85. The molecule has 0 bridgehead atoms. The van der Waals surface area contributed by atoms with Crippen LogP contribution in [0.25, 0.3) is 11.3 Å². The summed E-state index contributed by atoms with van der Waals surface area (Å²) >= 11 is 3.01. The average molecular weight is 439 g/mol. The molecular weight excluding hydrogens is 426 g/mol. The van der Waals surface area contributed by atoms with Crippen molar-refractivity contribution in [3.05, 3.63) is 58.2 Å². The Labute approximate surface area is 161 Å². The topological polar surface area (TPSA) is 73.6 Å². The zero-order chi connectivity index (χ0) is 19.6. The van der Waals surface area contributed by atoms with Crippen molar-refractivity contribution in [2.45, 2.75) is 0 Å².